The van der Waals surface area contributed by atoms with E-state index < -0.39 is 0 Å². The first-order valence-electron chi connectivity index (χ1n) is 10.4. The first-order chi connectivity index (χ1) is 14.3. The Kier molecular flexibility index (Phi) is 5.01. The number of fused-ring (bicyclic) bond motifs is 1. The molecule has 1 unspecified atom stereocenters. The molecule has 1 aromatic carbocycles. The molecule has 2 aliphatic rings. The van der Waals surface area contributed by atoms with Crippen LogP contribution in [0.3, 0.4) is 0 Å². The molecule has 5 rings (SSSR count). The summed E-state index contributed by atoms with van der Waals surface area (Å²) in [6, 6.07) is 7.74. The fourth-order valence-electron chi connectivity index (χ4n) is 4.34. The van der Waals surface area contributed by atoms with Crippen LogP contribution in [0.15, 0.2) is 28.8 Å². The van der Waals surface area contributed by atoms with E-state index in [0.29, 0.717) is 17.5 Å². The number of likely N-dealkylation sites (tertiary alicyclic amines) is 1. The van der Waals surface area contributed by atoms with Crippen molar-refractivity contribution in [2.24, 2.45) is 5.92 Å². The zero-order valence-electron chi connectivity index (χ0n) is 16.3. The van der Waals surface area contributed by atoms with Gasteiger partial charge in [0.15, 0.2) is 11.5 Å². The topological polar surface area (TPSA) is 97.1 Å². The molecular formula is C21H25N5O3. The molecule has 0 bridgehead atoms. The maximum atomic E-state index is 12.9. The fourth-order valence-corrected chi connectivity index (χ4v) is 4.34. The van der Waals surface area contributed by atoms with E-state index in [-0.39, 0.29) is 5.91 Å². The van der Waals surface area contributed by atoms with Gasteiger partial charge in [0.05, 0.1) is 5.52 Å². The molecule has 2 aromatic heterocycles. The van der Waals surface area contributed by atoms with E-state index in [1.165, 1.54) is 0 Å². The number of benzene rings is 1. The summed E-state index contributed by atoms with van der Waals surface area (Å²) in [5.74, 6) is 2.31. The van der Waals surface area contributed by atoms with Crippen LogP contribution in [-0.2, 0) is 11.2 Å². The molecule has 3 aromatic rings. The molecule has 29 heavy (non-hydrogen) atoms. The van der Waals surface area contributed by atoms with E-state index in [2.05, 4.69) is 20.3 Å². The van der Waals surface area contributed by atoms with Gasteiger partial charge in [-0.3, -0.25) is 9.89 Å². The highest BCUT2D eigenvalue weighted by atomic mass is 16.5. The lowest BCUT2D eigenvalue weighted by atomic mass is 10.0. The predicted octanol–water partition coefficient (Wildman–Crippen LogP) is 2.93. The number of aromatic amines is 1. The lowest BCUT2D eigenvalue weighted by Crippen LogP contribution is -2.29. The SMILES string of the molecule is O=C(c1n[nH]c2ccccc12)N1CCC(CCc2noc(C3CCOCC3)n2)C1. The molecule has 1 atom stereocenters. The van der Waals surface area contributed by atoms with E-state index in [1.54, 1.807) is 0 Å². The van der Waals surface area contributed by atoms with Crippen LogP contribution in [0.4, 0.5) is 0 Å². The summed E-state index contributed by atoms with van der Waals surface area (Å²) in [6.45, 7) is 3.05. The molecule has 4 heterocycles. The molecule has 0 spiro atoms. The Labute approximate surface area is 168 Å². The van der Waals surface area contributed by atoms with E-state index in [9.17, 15) is 4.79 Å². The molecule has 1 N–H and O–H groups in total. The Balaban J connectivity index is 1.16. The number of para-hydroxylation sites is 1. The van der Waals surface area contributed by atoms with Crippen LogP contribution in [0.2, 0.25) is 0 Å². The third-order valence-corrected chi connectivity index (χ3v) is 6.08. The average Bonchev–Trinajstić information content (AvgIpc) is 3.52. The second-order valence-electron chi connectivity index (χ2n) is 8.00. The largest absolute Gasteiger partial charge is 0.381 e. The van der Waals surface area contributed by atoms with Gasteiger partial charge in [-0.1, -0.05) is 23.4 Å². The monoisotopic (exact) mass is 395 g/mol. The maximum absolute atomic E-state index is 12.9. The quantitative estimate of drug-likeness (QED) is 0.713. The van der Waals surface area contributed by atoms with Crippen molar-refractivity contribution in [3.8, 4) is 0 Å². The number of aromatic nitrogens is 4. The van der Waals surface area contributed by atoms with Crippen LogP contribution in [0, 0.1) is 5.92 Å². The summed E-state index contributed by atoms with van der Waals surface area (Å²) in [7, 11) is 0. The first kappa shape index (κ1) is 18.3. The number of rotatable bonds is 5. The summed E-state index contributed by atoms with van der Waals surface area (Å²) < 4.78 is 10.9. The van der Waals surface area contributed by atoms with Crippen molar-refractivity contribution in [3.05, 3.63) is 41.7 Å². The minimum absolute atomic E-state index is 0.00585. The third kappa shape index (κ3) is 3.76. The summed E-state index contributed by atoms with van der Waals surface area (Å²) in [5.41, 5.74) is 1.41. The van der Waals surface area contributed by atoms with Crippen molar-refractivity contribution in [2.75, 3.05) is 26.3 Å². The van der Waals surface area contributed by atoms with Gasteiger partial charge >= 0.3 is 0 Å². The summed E-state index contributed by atoms with van der Waals surface area (Å²) >= 11 is 0. The van der Waals surface area contributed by atoms with Crippen LogP contribution in [-0.4, -0.2) is 57.4 Å². The number of H-pyrrole nitrogens is 1. The minimum atomic E-state index is 0.00585. The van der Waals surface area contributed by atoms with Crippen LogP contribution < -0.4 is 0 Å². The van der Waals surface area contributed by atoms with E-state index in [4.69, 9.17) is 9.26 Å². The second-order valence-corrected chi connectivity index (χ2v) is 8.00. The molecule has 0 radical (unpaired) electrons. The van der Waals surface area contributed by atoms with Crippen molar-refractivity contribution in [1.29, 1.82) is 0 Å². The van der Waals surface area contributed by atoms with Gasteiger partial charge in [-0.05, 0) is 37.7 Å². The van der Waals surface area contributed by atoms with Gasteiger partial charge < -0.3 is 14.2 Å². The number of hydrogen-bond donors (Lipinski definition) is 1. The van der Waals surface area contributed by atoms with Crippen molar-refractivity contribution < 1.29 is 14.1 Å². The van der Waals surface area contributed by atoms with Gasteiger partial charge in [0.25, 0.3) is 5.91 Å². The van der Waals surface area contributed by atoms with Crippen molar-refractivity contribution in [1.82, 2.24) is 25.2 Å². The first-order valence-corrected chi connectivity index (χ1v) is 10.4. The average molecular weight is 395 g/mol. The molecule has 0 aliphatic carbocycles. The number of hydrogen-bond acceptors (Lipinski definition) is 6. The maximum Gasteiger partial charge on any atom is 0.275 e. The number of ether oxygens (including phenoxy) is 1. The number of carbonyl (C=O) groups is 1. The van der Waals surface area contributed by atoms with Crippen LogP contribution in [0.25, 0.3) is 10.9 Å². The Morgan fingerprint density at radius 1 is 1.21 bits per heavy atom. The predicted molar refractivity (Wildman–Crippen MR) is 106 cm³/mol. The lowest BCUT2D eigenvalue weighted by molar-refractivity contribution is 0.0778. The van der Waals surface area contributed by atoms with Gasteiger partial charge in [0.1, 0.15) is 0 Å². The number of nitrogens with zero attached hydrogens (tertiary/aromatic N) is 4. The summed E-state index contributed by atoms with van der Waals surface area (Å²) in [5, 5.41) is 12.2. The lowest BCUT2D eigenvalue weighted by Gasteiger charge is -2.17. The minimum Gasteiger partial charge on any atom is -0.381 e. The van der Waals surface area contributed by atoms with Crippen molar-refractivity contribution >= 4 is 16.8 Å². The Morgan fingerprint density at radius 3 is 2.97 bits per heavy atom. The normalized spacial score (nSPS) is 20.6. The molecule has 0 saturated carbocycles. The van der Waals surface area contributed by atoms with E-state index in [1.807, 2.05) is 29.2 Å². The zero-order chi connectivity index (χ0) is 19.6. The van der Waals surface area contributed by atoms with Gasteiger partial charge in [-0.25, -0.2) is 0 Å². The Morgan fingerprint density at radius 2 is 2.07 bits per heavy atom. The molecule has 2 saturated heterocycles. The van der Waals surface area contributed by atoms with E-state index in [0.717, 1.165) is 81.0 Å². The zero-order valence-corrected chi connectivity index (χ0v) is 16.3. The number of carbonyl (C=O) groups excluding carboxylic acids is 1. The molecule has 1 amide bonds. The van der Waals surface area contributed by atoms with Gasteiger partial charge in [0.2, 0.25) is 5.89 Å². The molecule has 152 valence electrons. The highest BCUT2D eigenvalue weighted by Crippen LogP contribution is 2.27. The van der Waals surface area contributed by atoms with Crippen LogP contribution >= 0.6 is 0 Å². The molecular weight excluding hydrogens is 370 g/mol. The second kappa shape index (κ2) is 7.94. The highest BCUT2D eigenvalue weighted by Gasteiger charge is 2.29. The van der Waals surface area contributed by atoms with Crippen molar-refractivity contribution in [3.63, 3.8) is 0 Å². The fraction of sp³-hybridized carbons (Fsp3) is 0.524. The molecule has 8 nitrogen and oxygen atoms in total. The van der Waals surface area contributed by atoms with E-state index >= 15 is 0 Å². The van der Waals surface area contributed by atoms with Gasteiger partial charge in [-0.15, -0.1) is 0 Å². The van der Waals surface area contributed by atoms with Crippen molar-refractivity contribution in [2.45, 2.75) is 38.0 Å². The molecule has 2 aliphatic heterocycles. The van der Waals surface area contributed by atoms with Gasteiger partial charge in [0, 0.05) is 44.0 Å². The molecule has 2 fully saturated rings. The third-order valence-electron chi connectivity index (χ3n) is 6.08. The highest BCUT2D eigenvalue weighted by molar-refractivity contribution is 6.04. The number of amides is 1. The van der Waals surface area contributed by atoms with Crippen LogP contribution in [0.1, 0.15) is 53.8 Å². The summed E-state index contributed by atoms with van der Waals surface area (Å²) in [6.07, 6.45) is 4.63. The number of nitrogens with one attached hydrogen (secondary N) is 1. The number of aryl methyl sites for hydroxylation is 1. The smallest absolute Gasteiger partial charge is 0.275 e. The molecule has 8 heteroatoms. The van der Waals surface area contributed by atoms with Gasteiger partial charge in [-0.2, -0.15) is 10.1 Å². The Bertz CT molecular complexity index is 991. The van der Waals surface area contributed by atoms with Crippen LogP contribution in [0.5, 0.6) is 0 Å². The Hall–Kier alpha value is -2.74. The standard InChI is InChI=1S/C21H25N5O3/c27-21(19-16-3-1-2-4-17(16)23-24-19)26-10-7-14(13-26)5-6-18-22-20(29-25-18)15-8-11-28-12-9-15/h1-4,14-15H,5-13H2,(H,23,24). The summed E-state index contributed by atoms with van der Waals surface area (Å²) in [4.78, 5) is 19.4.